The molecule has 0 spiro atoms. The van der Waals surface area contributed by atoms with Crippen LogP contribution in [0, 0.1) is 13.8 Å². The van der Waals surface area contributed by atoms with Gasteiger partial charge >= 0.3 is 0 Å². The first kappa shape index (κ1) is 22.5. The number of rotatable bonds is 6. The molecule has 2 aromatic carbocycles. The Morgan fingerprint density at radius 1 is 0.926 bits per heavy atom. The maximum atomic E-state index is 13.0. The molecule has 0 atom stereocenters. The normalized spacial score (nSPS) is 16.2. The summed E-state index contributed by atoms with van der Waals surface area (Å²) in [6.07, 6.45) is 5.66. The monoisotopic (exact) mass is 439 g/mol. The van der Waals surface area contributed by atoms with Crippen LogP contribution in [0.2, 0.25) is 0 Å². The van der Waals surface area contributed by atoms with Gasteiger partial charge in [-0.05, 0) is 50.7 Å². The molecule has 1 aliphatic heterocycles. The van der Waals surface area contributed by atoms with Crippen molar-refractivity contribution >= 4 is 5.78 Å². The first-order valence-corrected chi connectivity index (χ1v) is 10.0. The van der Waals surface area contributed by atoms with Crippen molar-refractivity contribution in [2.24, 2.45) is 0 Å². The Labute approximate surface area is 189 Å². The SMILES string of the molecule is Cc1ccc(C)c(CC(=O)C[N+]2(Cc3ccccc3)CCCCCC2)c1.[Y]. The largest absolute Gasteiger partial charge is 0.314 e. The minimum atomic E-state index is 0. The molecule has 0 amide bonds. The molecule has 2 nitrogen and oxygen atoms in total. The molecule has 0 bridgehead atoms. The van der Waals surface area contributed by atoms with E-state index in [1.807, 2.05) is 0 Å². The smallest absolute Gasteiger partial charge is 0.191 e. The Bertz CT molecular complexity index is 733. The second kappa shape index (κ2) is 10.6. The van der Waals surface area contributed by atoms with Gasteiger partial charge in [-0.1, -0.05) is 54.1 Å². The fourth-order valence-electron chi connectivity index (χ4n) is 4.34. The third-order valence-electron chi connectivity index (χ3n) is 5.78. The zero-order chi connectivity index (χ0) is 18.4. The quantitative estimate of drug-likeness (QED) is 0.579. The van der Waals surface area contributed by atoms with E-state index in [1.54, 1.807) is 0 Å². The van der Waals surface area contributed by atoms with Crippen LogP contribution in [0.25, 0.3) is 0 Å². The van der Waals surface area contributed by atoms with Gasteiger partial charge in [0.15, 0.2) is 5.78 Å². The number of carbonyl (C=O) groups is 1. The van der Waals surface area contributed by atoms with Gasteiger partial charge in [-0.25, -0.2) is 0 Å². The first-order valence-electron chi connectivity index (χ1n) is 10.0. The van der Waals surface area contributed by atoms with Crippen LogP contribution < -0.4 is 0 Å². The minimum absolute atomic E-state index is 0. The number of likely N-dealkylation sites (tertiary alicyclic amines) is 1. The van der Waals surface area contributed by atoms with Crippen molar-refractivity contribution < 1.29 is 42.0 Å². The summed E-state index contributed by atoms with van der Waals surface area (Å²) in [7, 11) is 0. The second-order valence-electron chi connectivity index (χ2n) is 8.15. The van der Waals surface area contributed by atoms with E-state index >= 15 is 0 Å². The van der Waals surface area contributed by atoms with Crippen molar-refractivity contribution in [3.8, 4) is 0 Å². The van der Waals surface area contributed by atoms with Gasteiger partial charge in [0.1, 0.15) is 13.1 Å². The van der Waals surface area contributed by atoms with Gasteiger partial charge in [0, 0.05) is 44.7 Å². The van der Waals surface area contributed by atoms with Crippen molar-refractivity contribution in [2.45, 2.75) is 52.5 Å². The molecular weight excluding hydrogens is 407 g/mol. The molecule has 3 rings (SSSR count). The average molecular weight is 439 g/mol. The molecule has 0 aliphatic carbocycles. The van der Waals surface area contributed by atoms with Crippen molar-refractivity contribution in [2.75, 3.05) is 19.6 Å². The van der Waals surface area contributed by atoms with Gasteiger partial charge in [0.2, 0.25) is 0 Å². The van der Waals surface area contributed by atoms with E-state index < -0.39 is 0 Å². The Kier molecular flexibility index (Phi) is 8.86. The van der Waals surface area contributed by atoms with Gasteiger partial charge in [0.05, 0.1) is 13.1 Å². The number of ketones is 1. The molecule has 0 aromatic heterocycles. The van der Waals surface area contributed by atoms with Crippen LogP contribution in [-0.4, -0.2) is 29.9 Å². The Hall–Kier alpha value is -0.826. The summed E-state index contributed by atoms with van der Waals surface area (Å²) in [5, 5.41) is 0. The second-order valence-corrected chi connectivity index (χ2v) is 8.15. The topological polar surface area (TPSA) is 17.1 Å². The summed E-state index contributed by atoms with van der Waals surface area (Å²) >= 11 is 0. The maximum absolute atomic E-state index is 13.0. The predicted octanol–water partition coefficient (Wildman–Crippen LogP) is 5.00. The van der Waals surface area contributed by atoms with Crippen LogP contribution >= 0.6 is 0 Å². The van der Waals surface area contributed by atoms with Crippen molar-refractivity contribution in [3.05, 3.63) is 70.8 Å². The molecule has 1 heterocycles. The summed E-state index contributed by atoms with van der Waals surface area (Å²) in [6.45, 7) is 8.14. The molecule has 2 aromatic rings. The third-order valence-corrected chi connectivity index (χ3v) is 5.78. The molecule has 0 N–H and O–H groups in total. The molecule has 1 fully saturated rings. The van der Waals surface area contributed by atoms with E-state index in [4.69, 9.17) is 0 Å². The number of Topliss-reactive ketones (excluding diaryl/α,β-unsaturated/α-hetero) is 1. The third kappa shape index (κ3) is 6.62. The van der Waals surface area contributed by atoms with Crippen molar-refractivity contribution in [1.29, 1.82) is 0 Å². The molecule has 1 aliphatic rings. The Morgan fingerprint density at radius 2 is 1.59 bits per heavy atom. The number of hydrogen-bond acceptors (Lipinski definition) is 1. The first-order chi connectivity index (χ1) is 12.6. The van der Waals surface area contributed by atoms with E-state index in [2.05, 4.69) is 62.4 Å². The molecule has 27 heavy (non-hydrogen) atoms. The van der Waals surface area contributed by atoms with E-state index in [-0.39, 0.29) is 32.7 Å². The van der Waals surface area contributed by atoms with E-state index in [0.29, 0.717) is 18.7 Å². The summed E-state index contributed by atoms with van der Waals surface area (Å²) in [4.78, 5) is 13.0. The molecule has 0 saturated carbocycles. The number of benzene rings is 2. The van der Waals surface area contributed by atoms with Crippen LogP contribution in [0.3, 0.4) is 0 Å². The fraction of sp³-hybridized carbons (Fsp3) is 0.458. The fourth-order valence-corrected chi connectivity index (χ4v) is 4.34. The summed E-state index contributed by atoms with van der Waals surface area (Å²) in [5.74, 6) is 0.386. The number of aryl methyl sites for hydroxylation is 2. The number of nitrogens with zero attached hydrogens (tertiary/aromatic N) is 1. The molecule has 1 saturated heterocycles. The Balaban J connectivity index is 0.00000261. The van der Waals surface area contributed by atoms with Crippen LogP contribution in [0.15, 0.2) is 48.5 Å². The standard InChI is InChI=1S/C24H32NO.Y/c1-20-12-13-21(2)23(16-20)17-24(26)19-25(14-8-3-4-9-15-25)18-22-10-6-5-7-11-22;/h5-7,10-13,16H,3-4,8-9,14-15,17-19H2,1-2H3;/q+1;. The van der Waals surface area contributed by atoms with Crippen molar-refractivity contribution in [3.63, 3.8) is 0 Å². The van der Waals surface area contributed by atoms with E-state index in [9.17, 15) is 4.79 Å². The molecular formula is C24H32NOY+. The zero-order valence-electron chi connectivity index (χ0n) is 16.9. The van der Waals surface area contributed by atoms with Gasteiger partial charge < -0.3 is 4.48 Å². The summed E-state index contributed by atoms with van der Waals surface area (Å²) in [5.41, 5.74) is 5.02. The number of quaternary nitrogens is 1. The number of hydrogen-bond donors (Lipinski definition) is 0. The molecule has 0 unspecified atom stereocenters. The van der Waals surface area contributed by atoms with Gasteiger partial charge in [0.25, 0.3) is 0 Å². The molecule has 1 radical (unpaired) electrons. The number of carbonyl (C=O) groups excluding carboxylic acids is 1. The maximum Gasteiger partial charge on any atom is 0.191 e. The van der Waals surface area contributed by atoms with Crippen LogP contribution in [0.5, 0.6) is 0 Å². The van der Waals surface area contributed by atoms with Crippen LogP contribution in [-0.2, 0) is 50.5 Å². The summed E-state index contributed by atoms with van der Waals surface area (Å²) < 4.78 is 0.938. The van der Waals surface area contributed by atoms with E-state index in [0.717, 1.165) is 24.1 Å². The van der Waals surface area contributed by atoms with E-state index in [1.165, 1.54) is 47.9 Å². The van der Waals surface area contributed by atoms with Crippen LogP contribution in [0.4, 0.5) is 0 Å². The van der Waals surface area contributed by atoms with Gasteiger partial charge in [-0.15, -0.1) is 0 Å². The van der Waals surface area contributed by atoms with Gasteiger partial charge in [-0.2, -0.15) is 0 Å². The predicted molar refractivity (Wildman–Crippen MR) is 108 cm³/mol. The average Bonchev–Trinajstić information content (AvgIpc) is 2.84. The zero-order valence-corrected chi connectivity index (χ0v) is 19.8. The minimum Gasteiger partial charge on any atom is -0.314 e. The Morgan fingerprint density at radius 3 is 2.26 bits per heavy atom. The van der Waals surface area contributed by atoms with Gasteiger partial charge in [-0.3, -0.25) is 4.79 Å². The molecule has 141 valence electrons. The van der Waals surface area contributed by atoms with Crippen molar-refractivity contribution in [1.82, 2.24) is 0 Å². The summed E-state index contributed by atoms with van der Waals surface area (Å²) in [6, 6.07) is 17.2. The molecule has 3 heteroatoms. The van der Waals surface area contributed by atoms with Crippen LogP contribution in [0.1, 0.15) is 47.9 Å².